The molecule has 0 aliphatic heterocycles. The normalized spacial score (nSPS) is 11.4. The molecule has 112 valence electrons. The third kappa shape index (κ3) is 5.15. The van der Waals surface area contributed by atoms with Crippen molar-refractivity contribution < 1.29 is 4.74 Å². The molecule has 0 spiro atoms. The molecule has 0 saturated heterocycles. The van der Waals surface area contributed by atoms with Gasteiger partial charge < -0.3 is 10.5 Å². The molecule has 0 fully saturated rings. The van der Waals surface area contributed by atoms with E-state index in [4.69, 9.17) is 39.1 Å². The van der Waals surface area contributed by atoms with Gasteiger partial charge in [0.15, 0.2) is 0 Å². The molecule has 3 nitrogen and oxygen atoms in total. The third-order valence-electron chi connectivity index (χ3n) is 3.16. The molecule has 3 N–H and O–H groups in total. The predicted octanol–water partition coefficient (Wildman–Crippen LogP) is 5.27. The van der Waals surface area contributed by atoms with Crippen LogP contribution in [0.15, 0.2) is 16.6 Å². The van der Waals surface area contributed by atoms with Crippen LogP contribution in [-0.2, 0) is 0 Å². The Morgan fingerprint density at radius 2 is 1.95 bits per heavy atom. The van der Waals surface area contributed by atoms with Crippen molar-refractivity contribution in [2.45, 2.75) is 33.1 Å². The van der Waals surface area contributed by atoms with E-state index in [0.717, 1.165) is 23.7 Å². The monoisotopic (exact) mass is 380 g/mol. The highest BCUT2D eigenvalue weighted by molar-refractivity contribution is 9.10. The van der Waals surface area contributed by atoms with Gasteiger partial charge in [0, 0.05) is 16.0 Å². The van der Waals surface area contributed by atoms with E-state index in [0.29, 0.717) is 22.4 Å². The van der Waals surface area contributed by atoms with Gasteiger partial charge in [0.1, 0.15) is 5.75 Å². The van der Waals surface area contributed by atoms with Crippen LogP contribution in [0.5, 0.6) is 5.75 Å². The summed E-state index contributed by atoms with van der Waals surface area (Å²) in [7, 11) is 0. The summed E-state index contributed by atoms with van der Waals surface area (Å²) >= 11 is 15.4. The number of hydrogen-bond acceptors (Lipinski definition) is 2. The van der Waals surface area contributed by atoms with Crippen molar-refractivity contribution in [3.8, 4) is 5.75 Å². The maximum absolute atomic E-state index is 7.49. The van der Waals surface area contributed by atoms with E-state index in [1.807, 2.05) is 13.8 Å². The molecule has 0 radical (unpaired) electrons. The maximum Gasteiger partial charge on any atom is 0.139 e. The average Bonchev–Trinajstić information content (AvgIpc) is 2.34. The quantitative estimate of drug-likeness (QED) is 0.292. The largest absolute Gasteiger partial charge is 0.492 e. The Labute approximate surface area is 138 Å². The smallest absolute Gasteiger partial charge is 0.139 e. The molecular weight excluding hydrogens is 363 g/mol. The van der Waals surface area contributed by atoms with Gasteiger partial charge in [-0.25, -0.2) is 0 Å². The maximum atomic E-state index is 7.49. The zero-order valence-corrected chi connectivity index (χ0v) is 14.7. The first-order chi connectivity index (χ1) is 9.24. The van der Waals surface area contributed by atoms with Crippen LogP contribution in [0.4, 0.5) is 0 Å². The van der Waals surface area contributed by atoms with Crippen LogP contribution in [0.2, 0.25) is 10.0 Å². The summed E-state index contributed by atoms with van der Waals surface area (Å²) in [6, 6.07) is 3.42. The lowest BCUT2D eigenvalue weighted by molar-refractivity contribution is 0.296. The van der Waals surface area contributed by atoms with Crippen LogP contribution in [0.1, 0.15) is 33.1 Å². The summed E-state index contributed by atoms with van der Waals surface area (Å²) in [5.41, 5.74) is 5.29. The molecule has 6 heteroatoms. The van der Waals surface area contributed by atoms with E-state index >= 15 is 0 Å². The minimum Gasteiger partial charge on any atom is -0.492 e. The second kappa shape index (κ2) is 7.53. The molecule has 0 saturated carbocycles. The van der Waals surface area contributed by atoms with Crippen molar-refractivity contribution in [1.82, 2.24) is 0 Å². The van der Waals surface area contributed by atoms with Gasteiger partial charge in [-0.1, -0.05) is 37.0 Å². The number of ether oxygens (including phenoxy) is 1. The molecule has 0 amide bonds. The van der Waals surface area contributed by atoms with E-state index in [1.54, 1.807) is 12.1 Å². The molecular formula is C14H19BrCl2N2O. The highest BCUT2D eigenvalue weighted by Crippen LogP contribution is 2.34. The SMILES string of the molecule is CC(C)(CCCCOc1cc(Cl)c(Br)cc1Cl)C(=N)N. The molecule has 0 aromatic heterocycles. The number of unbranched alkanes of at least 4 members (excludes halogenated alkanes) is 1. The summed E-state index contributed by atoms with van der Waals surface area (Å²) in [5, 5.41) is 8.60. The molecule has 0 unspecified atom stereocenters. The van der Waals surface area contributed by atoms with Crippen LogP contribution < -0.4 is 10.5 Å². The molecule has 0 atom stereocenters. The Balaban J connectivity index is 2.39. The van der Waals surface area contributed by atoms with Gasteiger partial charge in [-0.15, -0.1) is 0 Å². The minimum atomic E-state index is -0.251. The van der Waals surface area contributed by atoms with E-state index in [9.17, 15) is 0 Å². The average molecular weight is 382 g/mol. The zero-order valence-electron chi connectivity index (χ0n) is 11.6. The predicted molar refractivity (Wildman–Crippen MR) is 89.2 cm³/mol. The summed E-state index contributed by atoms with van der Waals surface area (Å²) in [6.45, 7) is 4.51. The first-order valence-electron chi connectivity index (χ1n) is 6.36. The number of rotatable bonds is 7. The van der Waals surface area contributed by atoms with E-state index in [-0.39, 0.29) is 11.3 Å². The number of hydrogen-bond donors (Lipinski definition) is 2. The van der Waals surface area contributed by atoms with E-state index in [2.05, 4.69) is 15.9 Å². The molecule has 0 aliphatic rings. The Morgan fingerprint density at radius 3 is 2.55 bits per heavy atom. The number of nitrogens with one attached hydrogen (secondary N) is 1. The van der Waals surface area contributed by atoms with Gasteiger partial charge in [0.2, 0.25) is 0 Å². The lowest BCUT2D eigenvalue weighted by Gasteiger charge is -2.22. The van der Waals surface area contributed by atoms with E-state index < -0.39 is 0 Å². The molecule has 1 aromatic carbocycles. The number of halogens is 3. The van der Waals surface area contributed by atoms with Crippen molar-refractivity contribution in [3.63, 3.8) is 0 Å². The van der Waals surface area contributed by atoms with Gasteiger partial charge in [0.25, 0.3) is 0 Å². The van der Waals surface area contributed by atoms with Gasteiger partial charge in [-0.05, 0) is 41.3 Å². The third-order valence-corrected chi connectivity index (χ3v) is 4.65. The molecule has 0 bridgehead atoms. The standard InChI is InChI=1S/C14H19BrCl2N2O/c1-14(2,13(18)19)5-3-4-6-20-12-8-10(16)9(15)7-11(12)17/h7-8H,3-6H2,1-2H3,(H3,18,19). The zero-order chi connectivity index (χ0) is 15.3. The fraction of sp³-hybridized carbons (Fsp3) is 0.500. The highest BCUT2D eigenvalue weighted by Gasteiger charge is 2.20. The van der Waals surface area contributed by atoms with Gasteiger partial charge in [-0.2, -0.15) is 0 Å². The lowest BCUT2D eigenvalue weighted by Crippen LogP contribution is -2.30. The van der Waals surface area contributed by atoms with Crippen molar-refractivity contribution >= 4 is 45.0 Å². The number of nitrogens with two attached hydrogens (primary N) is 1. The number of amidine groups is 1. The molecule has 1 rings (SSSR count). The van der Waals surface area contributed by atoms with Crippen LogP contribution in [0.3, 0.4) is 0 Å². The van der Waals surface area contributed by atoms with Crippen molar-refractivity contribution in [2.24, 2.45) is 11.1 Å². The summed E-state index contributed by atoms with van der Waals surface area (Å²) in [4.78, 5) is 0. The fourth-order valence-electron chi connectivity index (χ4n) is 1.60. The van der Waals surface area contributed by atoms with E-state index in [1.165, 1.54) is 0 Å². The van der Waals surface area contributed by atoms with Crippen molar-refractivity contribution in [1.29, 1.82) is 5.41 Å². The number of benzene rings is 1. The summed E-state index contributed by atoms with van der Waals surface area (Å²) in [6.07, 6.45) is 2.68. The Bertz CT molecular complexity index is 492. The first-order valence-corrected chi connectivity index (χ1v) is 7.91. The van der Waals surface area contributed by atoms with Crippen molar-refractivity contribution in [3.05, 3.63) is 26.7 Å². The van der Waals surface area contributed by atoms with Crippen LogP contribution in [-0.4, -0.2) is 12.4 Å². The van der Waals surface area contributed by atoms with Crippen LogP contribution in [0.25, 0.3) is 0 Å². The Morgan fingerprint density at radius 1 is 1.30 bits per heavy atom. The molecule has 20 heavy (non-hydrogen) atoms. The lowest BCUT2D eigenvalue weighted by atomic mass is 9.86. The second-order valence-electron chi connectivity index (χ2n) is 5.30. The molecule has 0 aliphatic carbocycles. The van der Waals surface area contributed by atoms with Gasteiger partial charge in [-0.3, -0.25) is 5.41 Å². The van der Waals surface area contributed by atoms with Crippen molar-refractivity contribution in [2.75, 3.05) is 6.61 Å². The fourth-order valence-corrected chi connectivity index (χ4v) is 2.45. The van der Waals surface area contributed by atoms with Crippen LogP contribution in [0, 0.1) is 10.8 Å². The van der Waals surface area contributed by atoms with Gasteiger partial charge >= 0.3 is 0 Å². The second-order valence-corrected chi connectivity index (χ2v) is 6.97. The van der Waals surface area contributed by atoms with Crippen LogP contribution >= 0.6 is 39.1 Å². The Kier molecular flexibility index (Phi) is 6.62. The summed E-state index contributed by atoms with van der Waals surface area (Å²) in [5.74, 6) is 0.812. The highest BCUT2D eigenvalue weighted by atomic mass is 79.9. The molecule has 1 aromatic rings. The topological polar surface area (TPSA) is 59.1 Å². The van der Waals surface area contributed by atoms with Gasteiger partial charge in [0.05, 0.1) is 22.5 Å². The summed E-state index contributed by atoms with van der Waals surface area (Å²) < 4.78 is 6.38. The first kappa shape index (κ1) is 17.6. The molecule has 0 heterocycles. The Hall–Kier alpha value is -0.450. The minimum absolute atomic E-state index is 0.223.